The minimum absolute atomic E-state index is 0.0316. The Labute approximate surface area is 111 Å². The van der Waals surface area contributed by atoms with E-state index in [1.165, 1.54) is 0 Å². The van der Waals surface area contributed by atoms with Crippen LogP contribution in [0.5, 0.6) is 0 Å². The van der Waals surface area contributed by atoms with Crippen LogP contribution in [0.1, 0.15) is 53.9 Å². The topological polar surface area (TPSA) is 46.2 Å². The highest BCUT2D eigenvalue weighted by Gasteiger charge is 2.28. The van der Waals surface area contributed by atoms with Crippen molar-refractivity contribution in [3.63, 3.8) is 0 Å². The molecule has 0 aliphatic carbocycles. The zero-order chi connectivity index (χ0) is 13.7. The molecule has 0 aliphatic rings. The lowest BCUT2D eigenvalue weighted by Gasteiger charge is -2.29. The normalized spacial score (nSPS) is 16.8. The van der Waals surface area contributed by atoms with E-state index in [1.54, 1.807) is 0 Å². The molecule has 1 unspecified atom stereocenters. The zero-order valence-electron chi connectivity index (χ0n) is 11.6. The van der Waals surface area contributed by atoms with Gasteiger partial charge in [0.25, 0.3) is 0 Å². The SMILES string of the molecule is CCC(C)(CCCl)NS(=O)(=O)CCC(C)(C)C. The molecule has 0 bridgehead atoms. The van der Waals surface area contributed by atoms with Gasteiger partial charge in [-0.2, -0.15) is 0 Å². The van der Waals surface area contributed by atoms with Crippen LogP contribution in [0.3, 0.4) is 0 Å². The highest BCUT2D eigenvalue weighted by molar-refractivity contribution is 7.89. The lowest BCUT2D eigenvalue weighted by molar-refractivity contribution is 0.377. The number of rotatable bonds is 7. The van der Waals surface area contributed by atoms with Gasteiger partial charge < -0.3 is 0 Å². The van der Waals surface area contributed by atoms with E-state index in [9.17, 15) is 8.42 Å². The Hall–Kier alpha value is 0.200. The highest BCUT2D eigenvalue weighted by Crippen LogP contribution is 2.21. The third-order valence-electron chi connectivity index (χ3n) is 2.95. The van der Waals surface area contributed by atoms with Crippen LogP contribution in [-0.4, -0.2) is 25.6 Å². The molecule has 0 amide bonds. The second-order valence-electron chi connectivity index (χ2n) is 6.08. The predicted molar refractivity (Wildman–Crippen MR) is 75.0 cm³/mol. The van der Waals surface area contributed by atoms with E-state index in [-0.39, 0.29) is 11.2 Å². The first-order valence-electron chi connectivity index (χ1n) is 6.11. The van der Waals surface area contributed by atoms with Crippen molar-refractivity contribution in [2.75, 3.05) is 11.6 Å². The molecule has 0 saturated heterocycles. The van der Waals surface area contributed by atoms with Gasteiger partial charge in [0, 0.05) is 11.4 Å². The molecule has 1 N–H and O–H groups in total. The van der Waals surface area contributed by atoms with Gasteiger partial charge in [0.2, 0.25) is 10.0 Å². The molecule has 104 valence electrons. The average molecular weight is 284 g/mol. The fourth-order valence-electron chi connectivity index (χ4n) is 1.38. The van der Waals surface area contributed by atoms with Crippen molar-refractivity contribution in [1.29, 1.82) is 0 Å². The van der Waals surface area contributed by atoms with E-state index in [2.05, 4.69) is 4.72 Å². The lowest BCUT2D eigenvalue weighted by Crippen LogP contribution is -2.46. The first-order chi connectivity index (χ1) is 7.54. The Morgan fingerprint density at radius 1 is 1.12 bits per heavy atom. The Morgan fingerprint density at radius 3 is 2.00 bits per heavy atom. The van der Waals surface area contributed by atoms with E-state index in [1.807, 2.05) is 34.6 Å². The second-order valence-corrected chi connectivity index (χ2v) is 8.30. The molecule has 0 aromatic heterocycles. The first kappa shape index (κ1) is 17.2. The highest BCUT2D eigenvalue weighted by atomic mass is 35.5. The van der Waals surface area contributed by atoms with E-state index >= 15 is 0 Å². The summed E-state index contributed by atoms with van der Waals surface area (Å²) >= 11 is 5.71. The number of halogens is 1. The number of hydrogen-bond acceptors (Lipinski definition) is 2. The maximum absolute atomic E-state index is 12.0. The molecule has 1 atom stereocenters. The summed E-state index contributed by atoms with van der Waals surface area (Å²) in [5.74, 6) is 0.639. The zero-order valence-corrected chi connectivity index (χ0v) is 13.2. The van der Waals surface area contributed by atoms with E-state index in [4.69, 9.17) is 11.6 Å². The number of alkyl halides is 1. The average Bonchev–Trinajstić information content (AvgIpc) is 2.14. The van der Waals surface area contributed by atoms with Crippen LogP contribution in [0, 0.1) is 5.41 Å². The van der Waals surface area contributed by atoms with Crippen molar-refractivity contribution in [1.82, 2.24) is 4.72 Å². The number of hydrogen-bond donors (Lipinski definition) is 1. The first-order valence-corrected chi connectivity index (χ1v) is 8.30. The van der Waals surface area contributed by atoms with E-state index in [0.717, 1.165) is 6.42 Å². The smallest absolute Gasteiger partial charge is 0.212 e. The van der Waals surface area contributed by atoms with Gasteiger partial charge in [-0.25, -0.2) is 13.1 Å². The molecule has 0 saturated carbocycles. The molecule has 0 radical (unpaired) electrons. The summed E-state index contributed by atoms with van der Waals surface area (Å²) in [6.45, 7) is 10.0. The third-order valence-corrected chi connectivity index (χ3v) is 4.68. The molecular formula is C12H26ClNO2S. The summed E-state index contributed by atoms with van der Waals surface area (Å²) in [6.07, 6.45) is 2.05. The number of sulfonamides is 1. The molecule has 0 aliphatic heterocycles. The quantitative estimate of drug-likeness (QED) is 0.730. The minimum atomic E-state index is -3.22. The second kappa shape index (κ2) is 6.39. The van der Waals surface area contributed by atoms with Crippen LogP contribution in [0.4, 0.5) is 0 Å². The standard InChI is InChI=1S/C12H26ClNO2S/c1-6-12(5,7-9-13)14-17(15,16)10-8-11(2,3)4/h14H,6-10H2,1-5H3. The fourth-order valence-corrected chi connectivity index (χ4v) is 3.77. The van der Waals surface area contributed by atoms with Gasteiger partial charge in [0.1, 0.15) is 0 Å². The summed E-state index contributed by atoms with van der Waals surface area (Å²) in [6, 6.07) is 0. The van der Waals surface area contributed by atoms with Crippen molar-refractivity contribution in [3.8, 4) is 0 Å². The Balaban J connectivity index is 4.53. The predicted octanol–water partition coefficient (Wildman–Crippen LogP) is 3.14. The monoisotopic (exact) mass is 283 g/mol. The van der Waals surface area contributed by atoms with Gasteiger partial charge in [-0.1, -0.05) is 27.7 Å². The fraction of sp³-hybridized carbons (Fsp3) is 1.00. The van der Waals surface area contributed by atoms with Gasteiger partial charge >= 0.3 is 0 Å². The lowest BCUT2D eigenvalue weighted by atomic mass is 9.94. The maximum atomic E-state index is 12.0. The van der Waals surface area contributed by atoms with Gasteiger partial charge in [0.05, 0.1) is 5.75 Å². The van der Waals surface area contributed by atoms with Crippen molar-refractivity contribution < 1.29 is 8.42 Å². The Kier molecular flexibility index (Phi) is 6.47. The van der Waals surface area contributed by atoms with Gasteiger partial charge in [-0.3, -0.25) is 0 Å². The van der Waals surface area contributed by atoms with Crippen LogP contribution in [-0.2, 0) is 10.0 Å². The van der Waals surface area contributed by atoms with E-state index in [0.29, 0.717) is 18.7 Å². The van der Waals surface area contributed by atoms with Crippen LogP contribution in [0.15, 0.2) is 0 Å². The summed E-state index contributed by atoms with van der Waals surface area (Å²) in [5, 5.41) is 0. The summed E-state index contributed by atoms with van der Waals surface area (Å²) in [5.41, 5.74) is -0.387. The summed E-state index contributed by atoms with van der Waals surface area (Å²) in [7, 11) is -3.22. The summed E-state index contributed by atoms with van der Waals surface area (Å²) in [4.78, 5) is 0. The molecule has 0 rings (SSSR count). The van der Waals surface area contributed by atoms with Crippen molar-refractivity contribution >= 4 is 21.6 Å². The Bertz CT molecular complexity index is 322. The molecule has 5 heteroatoms. The molecule has 17 heavy (non-hydrogen) atoms. The van der Waals surface area contributed by atoms with Crippen LogP contribution in [0.25, 0.3) is 0 Å². The van der Waals surface area contributed by atoms with Gasteiger partial charge in [-0.05, 0) is 31.6 Å². The molecular weight excluding hydrogens is 258 g/mol. The van der Waals surface area contributed by atoms with Crippen LogP contribution < -0.4 is 4.72 Å². The van der Waals surface area contributed by atoms with Gasteiger partial charge in [-0.15, -0.1) is 11.6 Å². The third kappa shape index (κ3) is 8.01. The molecule has 0 heterocycles. The minimum Gasteiger partial charge on any atom is -0.212 e. The van der Waals surface area contributed by atoms with Crippen molar-refractivity contribution in [2.24, 2.45) is 5.41 Å². The number of nitrogens with one attached hydrogen (secondary N) is 1. The molecule has 0 fully saturated rings. The van der Waals surface area contributed by atoms with Crippen LogP contribution >= 0.6 is 11.6 Å². The molecule has 0 aromatic carbocycles. The van der Waals surface area contributed by atoms with E-state index < -0.39 is 15.6 Å². The van der Waals surface area contributed by atoms with Gasteiger partial charge in [0.15, 0.2) is 0 Å². The molecule has 0 spiro atoms. The largest absolute Gasteiger partial charge is 0.212 e. The molecule has 0 aromatic rings. The Morgan fingerprint density at radius 2 is 1.65 bits per heavy atom. The maximum Gasteiger partial charge on any atom is 0.212 e. The summed E-state index contributed by atoms with van der Waals surface area (Å²) < 4.78 is 26.7. The van der Waals surface area contributed by atoms with Crippen molar-refractivity contribution in [2.45, 2.75) is 59.4 Å². The van der Waals surface area contributed by atoms with Crippen LogP contribution in [0.2, 0.25) is 0 Å². The van der Waals surface area contributed by atoms with Crippen molar-refractivity contribution in [3.05, 3.63) is 0 Å². The molecule has 3 nitrogen and oxygen atoms in total.